The third-order valence-corrected chi connectivity index (χ3v) is 3.47. The fourth-order valence-corrected chi connectivity index (χ4v) is 2.26. The zero-order chi connectivity index (χ0) is 14.8. The number of nitrogens with zero attached hydrogens (tertiary/aromatic N) is 1. The van der Waals surface area contributed by atoms with Crippen molar-refractivity contribution >= 4 is 11.4 Å². The van der Waals surface area contributed by atoms with Crippen LogP contribution in [0, 0.1) is 0 Å². The lowest BCUT2D eigenvalue weighted by atomic mass is 10.2. The number of methoxy groups -OCH3 is 1. The fraction of sp³-hybridized carbons (Fsp3) is 0.625. The normalized spacial score (nSPS) is 15.2. The lowest BCUT2D eigenvalue weighted by Crippen LogP contribution is -2.36. The van der Waals surface area contributed by atoms with Gasteiger partial charge in [0.25, 0.3) is 0 Å². The maximum Gasteiger partial charge on any atom is 0.0700 e. The van der Waals surface area contributed by atoms with Gasteiger partial charge < -0.3 is 24.4 Å². The Balaban J connectivity index is 1.63. The molecule has 0 spiro atoms. The smallest absolute Gasteiger partial charge is 0.0700 e. The molecule has 0 bridgehead atoms. The molecule has 2 rings (SSSR count). The maximum atomic E-state index is 5.43. The Labute approximate surface area is 127 Å². The van der Waals surface area contributed by atoms with Gasteiger partial charge in [-0.2, -0.15) is 0 Å². The monoisotopic (exact) mass is 294 g/mol. The molecule has 1 aliphatic heterocycles. The van der Waals surface area contributed by atoms with Crippen molar-refractivity contribution in [2.24, 2.45) is 0 Å². The van der Waals surface area contributed by atoms with E-state index < -0.39 is 0 Å². The number of ether oxygens (including phenoxy) is 3. The largest absolute Gasteiger partial charge is 0.385 e. The van der Waals surface area contributed by atoms with Crippen LogP contribution < -0.4 is 10.2 Å². The van der Waals surface area contributed by atoms with Gasteiger partial charge in [-0.25, -0.2) is 0 Å². The molecule has 5 heteroatoms. The topological polar surface area (TPSA) is 43.0 Å². The summed E-state index contributed by atoms with van der Waals surface area (Å²) in [5.41, 5.74) is 2.43. The summed E-state index contributed by atoms with van der Waals surface area (Å²) < 4.78 is 15.7. The van der Waals surface area contributed by atoms with E-state index in [1.165, 1.54) is 5.69 Å². The molecule has 5 nitrogen and oxygen atoms in total. The molecule has 0 amide bonds. The Bertz CT molecular complexity index is 378. The zero-order valence-corrected chi connectivity index (χ0v) is 12.8. The standard InChI is InChI=1S/C16H26N2O3/c1-19-13-14-20-10-2-7-17-15-3-5-16(6-4-15)18-8-11-21-12-9-18/h3-6,17H,2,7-14H2,1H3. The second-order valence-corrected chi connectivity index (χ2v) is 5.03. The summed E-state index contributed by atoms with van der Waals surface area (Å²) in [7, 11) is 1.69. The summed E-state index contributed by atoms with van der Waals surface area (Å²) in [5, 5.41) is 3.41. The molecule has 118 valence electrons. The van der Waals surface area contributed by atoms with E-state index in [-0.39, 0.29) is 0 Å². The van der Waals surface area contributed by atoms with Crippen LogP contribution in [0.1, 0.15) is 6.42 Å². The molecule has 0 unspecified atom stereocenters. The van der Waals surface area contributed by atoms with Crippen LogP contribution in [0.25, 0.3) is 0 Å². The highest BCUT2D eigenvalue weighted by molar-refractivity contribution is 5.55. The predicted octanol–water partition coefficient (Wildman–Crippen LogP) is 1.99. The van der Waals surface area contributed by atoms with E-state index in [0.29, 0.717) is 13.2 Å². The summed E-state index contributed by atoms with van der Waals surface area (Å²) >= 11 is 0. The number of hydrogen-bond acceptors (Lipinski definition) is 5. The number of nitrogens with one attached hydrogen (secondary N) is 1. The van der Waals surface area contributed by atoms with E-state index >= 15 is 0 Å². The summed E-state index contributed by atoms with van der Waals surface area (Å²) in [5.74, 6) is 0. The first kappa shape index (κ1) is 16.1. The van der Waals surface area contributed by atoms with Crippen molar-refractivity contribution in [3.8, 4) is 0 Å². The molecule has 1 heterocycles. The maximum absolute atomic E-state index is 5.43. The Morgan fingerprint density at radius 2 is 1.86 bits per heavy atom. The van der Waals surface area contributed by atoms with Crippen molar-refractivity contribution in [1.29, 1.82) is 0 Å². The summed E-state index contributed by atoms with van der Waals surface area (Å²) in [6.45, 7) is 6.62. The first-order valence-electron chi connectivity index (χ1n) is 7.63. The second-order valence-electron chi connectivity index (χ2n) is 5.03. The van der Waals surface area contributed by atoms with Crippen LogP contribution >= 0.6 is 0 Å². The highest BCUT2D eigenvalue weighted by Gasteiger charge is 2.10. The lowest BCUT2D eigenvalue weighted by molar-refractivity contribution is 0.0705. The molecule has 1 aliphatic rings. The summed E-state index contributed by atoms with van der Waals surface area (Å²) in [6.07, 6.45) is 0.995. The minimum absolute atomic E-state index is 0.663. The molecule has 0 aliphatic carbocycles. The van der Waals surface area contributed by atoms with Gasteiger partial charge in [0.2, 0.25) is 0 Å². The van der Waals surface area contributed by atoms with Gasteiger partial charge in [0.15, 0.2) is 0 Å². The molecule has 1 aromatic rings. The molecule has 0 saturated carbocycles. The minimum atomic E-state index is 0.663. The van der Waals surface area contributed by atoms with Gasteiger partial charge in [0, 0.05) is 44.7 Å². The van der Waals surface area contributed by atoms with E-state index in [1.54, 1.807) is 7.11 Å². The van der Waals surface area contributed by atoms with Crippen LogP contribution in [-0.2, 0) is 14.2 Å². The molecule has 21 heavy (non-hydrogen) atoms. The van der Waals surface area contributed by atoms with Crippen LogP contribution in [0.4, 0.5) is 11.4 Å². The molecule has 1 saturated heterocycles. The molecule has 1 aromatic carbocycles. The van der Waals surface area contributed by atoms with Crippen molar-refractivity contribution in [2.45, 2.75) is 6.42 Å². The quantitative estimate of drug-likeness (QED) is 0.706. The molecule has 1 N–H and O–H groups in total. The Kier molecular flexibility index (Phi) is 7.35. The Morgan fingerprint density at radius 3 is 2.57 bits per heavy atom. The zero-order valence-electron chi connectivity index (χ0n) is 12.8. The van der Waals surface area contributed by atoms with Crippen molar-refractivity contribution in [3.63, 3.8) is 0 Å². The highest BCUT2D eigenvalue weighted by Crippen LogP contribution is 2.18. The van der Waals surface area contributed by atoms with Crippen molar-refractivity contribution < 1.29 is 14.2 Å². The van der Waals surface area contributed by atoms with Gasteiger partial charge in [-0.05, 0) is 30.7 Å². The van der Waals surface area contributed by atoms with Gasteiger partial charge in [-0.15, -0.1) is 0 Å². The fourth-order valence-electron chi connectivity index (χ4n) is 2.26. The molecule has 0 radical (unpaired) electrons. The van der Waals surface area contributed by atoms with Gasteiger partial charge in [0.1, 0.15) is 0 Å². The average Bonchev–Trinajstić information content (AvgIpc) is 2.55. The number of benzene rings is 1. The Hall–Kier alpha value is -1.30. The molecule has 0 atom stereocenters. The van der Waals surface area contributed by atoms with Crippen LogP contribution in [0.3, 0.4) is 0 Å². The van der Waals surface area contributed by atoms with E-state index in [4.69, 9.17) is 14.2 Å². The second kappa shape index (κ2) is 9.60. The molecular weight excluding hydrogens is 268 g/mol. The SMILES string of the molecule is COCCOCCCNc1ccc(N2CCOCC2)cc1. The van der Waals surface area contributed by atoms with Crippen LogP contribution in [0.2, 0.25) is 0 Å². The first-order chi connectivity index (χ1) is 10.4. The van der Waals surface area contributed by atoms with Crippen molar-refractivity contribution in [2.75, 3.05) is 70.0 Å². The lowest BCUT2D eigenvalue weighted by Gasteiger charge is -2.28. The third kappa shape index (κ3) is 5.91. The van der Waals surface area contributed by atoms with E-state index in [9.17, 15) is 0 Å². The van der Waals surface area contributed by atoms with Crippen molar-refractivity contribution in [3.05, 3.63) is 24.3 Å². The molecule has 0 aromatic heterocycles. The highest BCUT2D eigenvalue weighted by atomic mass is 16.5. The van der Waals surface area contributed by atoms with Gasteiger partial charge >= 0.3 is 0 Å². The van der Waals surface area contributed by atoms with E-state index in [1.807, 2.05) is 0 Å². The third-order valence-electron chi connectivity index (χ3n) is 3.47. The average molecular weight is 294 g/mol. The van der Waals surface area contributed by atoms with Gasteiger partial charge in [-0.1, -0.05) is 0 Å². The summed E-state index contributed by atoms with van der Waals surface area (Å²) in [6, 6.07) is 8.61. The predicted molar refractivity (Wildman–Crippen MR) is 85.3 cm³/mol. The van der Waals surface area contributed by atoms with Crippen molar-refractivity contribution in [1.82, 2.24) is 0 Å². The molecular formula is C16H26N2O3. The number of rotatable bonds is 9. The number of hydrogen-bond donors (Lipinski definition) is 1. The van der Waals surface area contributed by atoms with Crippen LogP contribution in [-0.4, -0.2) is 59.8 Å². The van der Waals surface area contributed by atoms with Gasteiger partial charge in [0.05, 0.1) is 26.4 Å². The van der Waals surface area contributed by atoms with E-state index in [0.717, 1.165) is 51.6 Å². The minimum Gasteiger partial charge on any atom is -0.385 e. The van der Waals surface area contributed by atoms with Gasteiger partial charge in [-0.3, -0.25) is 0 Å². The summed E-state index contributed by atoms with van der Waals surface area (Å²) in [4.78, 5) is 2.36. The Morgan fingerprint density at radius 1 is 1.10 bits per heavy atom. The van der Waals surface area contributed by atoms with Crippen LogP contribution in [0.15, 0.2) is 24.3 Å². The number of anilines is 2. The number of morpholine rings is 1. The molecule has 1 fully saturated rings. The van der Waals surface area contributed by atoms with E-state index in [2.05, 4.69) is 34.5 Å². The first-order valence-corrected chi connectivity index (χ1v) is 7.63. The van der Waals surface area contributed by atoms with Crippen LogP contribution in [0.5, 0.6) is 0 Å².